The molecule has 0 amide bonds. The first-order valence-electron chi connectivity index (χ1n) is 5.78. The minimum atomic E-state index is 0.329. The number of halogens is 2. The molecule has 1 atom stereocenters. The topological polar surface area (TPSA) is 20.2 Å². The smallest absolute Gasteiger partial charge is 0.115 e. The van der Waals surface area contributed by atoms with Crippen molar-refractivity contribution in [2.75, 3.05) is 5.33 Å². The van der Waals surface area contributed by atoms with Crippen LogP contribution in [0.15, 0.2) is 53.0 Å². The van der Waals surface area contributed by atoms with Crippen molar-refractivity contribution >= 4 is 31.9 Å². The van der Waals surface area contributed by atoms with E-state index in [0.717, 1.165) is 21.8 Å². The summed E-state index contributed by atoms with van der Waals surface area (Å²) in [5.41, 5.74) is 2.45. The van der Waals surface area contributed by atoms with Crippen molar-refractivity contribution in [1.82, 2.24) is 0 Å². The Morgan fingerprint density at radius 2 is 1.83 bits per heavy atom. The van der Waals surface area contributed by atoms with E-state index >= 15 is 0 Å². The third-order valence-electron chi connectivity index (χ3n) is 2.90. The van der Waals surface area contributed by atoms with Crippen LogP contribution in [0.25, 0.3) is 0 Å². The Labute approximate surface area is 124 Å². The van der Waals surface area contributed by atoms with Gasteiger partial charge in [-0.25, -0.2) is 0 Å². The monoisotopic (exact) mass is 368 g/mol. The Morgan fingerprint density at radius 1 is 1.06 bits per heavy atom. The summed E-state index contributed by atoms with van der Waals surface area (Å²) in [5, 5.41) is 10.4. The normalized spacial score (nSPS) is 12.3. The molecule has 0 radical (unpaired) electrons. The lowest BCUT2D eigenvalue weighted by molar-refractivity contribution is 0.474. The molecule has 2 rings (SSSR count). The Balaban J connectivity index is 2.19. The van der Waals surface area contributed by atoms with Crippen LogP contribution in [-0.4, -0.2) is 10.4 Å². The Bertz CT molecular complexity index is 525. The molecule has 1 N–H and O–H groups in total. The number of benzene rings is 2. The van der Waals surface area contributed by atoms with Crippen molar-refractivity contribution in [2.24, 2.45) is 0 Å². The highest BCUT2D eigenvalue weighted by atomic mass is 79.9. The van der Waals surface area contributed by atoms with E-state index in [9.17, 15) is 5.11 Å². The van der Waals surface area contributed by atoms with Gasteiger partial charge in [-0.15, -0.1) is 0 Å². The molecule has 0 aromatic heterocycles. The van der Waals surface area contributed by atoms with Crippen molar-refractivity contribution in [1.29, 1.82) is 0 Å². The van der Waals surface area contributed by atoms with Gasteiger partial charge in [-0.05, 0) is 47.7 Å². The minimum absolute atomic E-state index is 0.329. The molecule has 0 saturated heterocycles. The van der Waals surface area contributed by atoms with Gasteiger partial charge in [0.05, 0.1) is 0 Å². The van der Waals surface area contributed by atoms with E-state index in [1.807, 2.05) is 24.3 Å². The number of phenolic OH excluding ortho intramolecular Hbond substituents is 1. The summed E-state index contributed by atoms with van der Waals surface area (Å²) < 4.78 is 1.10. The van der Waals surface area contributed by atoms with E-state index in [1.165, 1.54) is 5.56 Å². The molecule has 1 nitrogen and oxygen atoms in total. The molecule has 2 aromatic carbocycles. The van der Waals surface area contributed by atoms with Crippen molar-refractivity contribution in [3.8, 4) is 5.75 Å². The van der Waals surface area contributed by atoms with Gasteiger partial charge in [0.1, 0.15) is 5.75 Å². The standard InChI is InChI=1S/C15H14Br2O/c16-10-13(12-4-2-5-14(17)9-12)7-11-3-1-6-15(18)8-11/h1-6,8-9,13,18H,7,10H2. The third-order valence-corrected chi connectivity index (χ3v) is 4.17. The highest BCUT2D eigenvalue weighted by Gasteiger charge is 2.11. The Kier molecular flexibility index (Phi) is 4.84. The van der Waals surface area contributed by atoms with Gasteiger partial charge in [0, 0.05) is 9.80 Å². The predicted octanol–water partition coefficient (Wildman–Crippen LogP) is 4.88. The lowest BCUT2D eigenvalue weighted by Crippen LogP contribution is -2.04. The highest BCUT2D eigenvalue weighted by Crippen LogP contribution is 2.26. The van der Waals surface area contributed by atoms with E-state index < -0.39 is 0 Å². The summed E-state index contributed by atoms with van der Waals surface area (Å²) in [6, 6.07) is 15.8. The first kappa shape index (κ1) is 13.6. The fourth-order valence-corrected chi connectivity index (χ4v) is 3.01. The van der Waals surface area contributed by atoms with Gasteiger partial charge >= 0.3 is 0 Å². The van der Waals surface area contributed by atoms with E-state index in [0.29, 0.717) is 11.7 Å². The second kappa shape index (κ2) is 6.39. The fourth-order valence-electron chi connectivity index (χ4n) is 1.99. The summed E-state index contributed by atoms with van der Waals surface area (Å²) >= 11 is 7.08. The van der Waals surface area contributed by atoms with Crippen molar-refractivity contribution in [3.63, 3.8) is 0 Å². The predicted molar refractivity (Wildman–Crippen MR) is 82.5 cm³/mol. The molecular weight excluding hydrogens is 356 g/mol. The molecule has 3 heteroatoms. The van der Waals surface area contributed by atoms with E-state index in [-0.39, 0.29) is 0 Å². The van der Waals surface area contributed by atoms with E-state index in [2.05, 4.69) is 50.1 Å². The quantitative estimate of drug-likeness (QED) is 0.761. The van der Waals surface area contributed by atoms with Crippen LogP contribution in [0, 0.1) is 0 Å². The maximum atomic E-state index is 9.49. The van der Waals surface area contributed by atoms with Crippen LogP contribution in [0.5, 0.6) is 5.75 Å². The zero-order valence-corrected chi connectivity index (χ0v) is 13.0. The largest absolute Gasteiger partial charge is 0.508 e. The van der Waals surface area contributed by atoms with Gasteiger partial charge < -0.3 is 5.11 Å². The molecular formula is C15H14Br2O. The maximum absolute atomic E-state index is 9.49. The summed E-state index contributed by atoms with van der Waals surface area (Å²) in [5.74, 6) is 0.736. The van der Waals surface area contributed by atoms with E-state index in [1.54, 1.807) is 6.07 Å². The number of aromatic hydroxyl groups is 1. The molecule has 0 saturated carbocycles. The molecule has 0 fully saturated rings. The number of phenols is 1. The van der Waals surface area contributed by atoms with Gasteiger partial charge in [-0.2, -0.15) is 0 Å². The lowest BCUT2D eigenvalue weighted by Gasteiger charge is -2.15. The van der Waals surface area contributed by atoms with Gasteiger partial charge in [0.15, 0.2) is 0 Å². The van der Waals surface area contributed by atoms with Gasteiger partial charge in [-0.1, -0.05) is 56.1 Å². The van der Waals surface area contributed by atoms with Crippen LogP contribution >= 0.6 is 31.9 Å². The summed E-state index contributed by atoms with van der Waals surface area (Å²) in [4.78, 5) is 0. The Hall–Kier alpha value is -0.800. The van der Waals surface area contributed by atoms with Crippen LogP contribution in [0.1, 0.15) is 17.0 Å². The zero-order chi connectivity index (χ0) is 13.0. The summed E-state index contributed by atoms with van der Waals surface area (Å²) in [6.07, 6.45) is 0.913. The van der Waals surface area contributed by atoms with Gasteiger partial charge in [0.2, 0.25) is 0 Å². The molecule has 1 unspecified atom stereocenters. The van der Waals surface area contributed by atoms with Crippen LogP contribution < -0.4 is 0 Å². The minimum Gasteiger partial charge on any atom is -0.508 e. The molecule has 0 heterocycles. The second-order valence-corrected chi connectivity index (χ2v) is 5.84. The van der Waals surface area contributed by atoms with Crippen LogP contribution in [0.2, 0.25) is 0 Å². The summed E-state index contributed by atoms with van der Waals surface area (Å²) in [6.45, 7) is 0. The highest BCUT2D eigenvalue weighted by molar-refractivity contribution is 9.10. The molecule has 0 aliphatic carbocycles. The second-order valence-electron chi connectivity index (χ2n) is 4.28. The molecule has 94 valence electrons. The van der Waals surface area contributed by atoms with Crippen molar-refractivity contribution in [3.05, 3.63) is 64.1 Å². The number of hydrogen-bond acceptors (Lipinski definition) is 1. The molecule has 0 bridgehead atoms. The zero-order valence-electron chi connectivity index (χ0n) is 9.81. The average molecular weight is 370 g/mol. The van der Waals surface area contributed by atoms with Crippen LogP contribution in [0.4, 0.5) is 0 Å². The molecule has 0 aliphatic rings. The fraction of sp³-hybridized carbons (Fsp3) is 0.200. The van der Waals surface area contributed by atoms with Crippen LogP contribution in [0.3, 0.4) is 0 Å². The van der Waals surface area contributed by atoms with Crippen molar-refractivity contribution in [2.45, 2.75) is 12.3 Å². The molecule has 0 aliphatic heterocycles. The molecule has 18 heavy (non-hydrogen) atoms. The van der Waals surface area contributed by atoms with Crippen LogP contribution in [-0.2, 0) is 6.42 Å². The number of hydrogen-bond donors (Lipinski definition) is 1. The van der Waals surface area contributed by atoms with Gasteiger partial charge in [0.25, 0.3) is 0 Å². The third kappa shape index (κ3) is 3.59. The Morgan fingerprint density at radius 3 is 2.50 bits per heavy atom. The first-order chi connectivity index (χ1) is 8.69. The lowest BCUT2D eigenvalue weighted by atomic mass is 9.94. The molecule has 0 spiro atoms. The van der Waals surface area contributed by atoms with E-state index in [4.69, 9.17) is 0 Å². The summed E-state index contributed by atoms with van der Waals surface area (Å²) in [7, 11) is 0. The van der Waals surface area contributed by atoms with Gasteiger partial charge in [-0.3, -0.25) is 0 Å². The first-order valence-corrected chi connectivity index (χ1v) is 7.70. The SMILES string of the molecule is Oc1cccc(CC(CBr)c2cccc(Br)c2)c1. The average Bonchev–Trinajstić information content (AvgIpc) is 2.36. The number of alkyl halides is 1. The molecule has 2 aromatic rings. The maximum Gasteiger partial charge on any atom is 0.115 e. The van der Waals surface area contributed by atoms with Crippen molar-refractivity contribution < 1.29 is 5.11 Å². The number of rotatable bonds is 4.